The largest absolute Gasteiger partial charge is 0.470 e. The topological polar surface area (TPSA) is 38.2 Å². The van der Waals surface area contributed by atoms with Crippen molar-refractivity contribution in [3.8, 4) is 5.88 Å². The van der Waals surface area contributed by atoms with Crippen LogP contribution in [-0.4, -0.2) is 21.8 Å². The van der Waals surface area contributed by atoms with E-state index < -0.39 is 0 Å². The molecule has 0 amide bonds. The van der Waals surface area contributed by atoms with Crippen LogP contribution in [-0.2, 0) is 6.61 Å². The van der Waals surface area contributed by atoms with Gasteiger partial charge in [0.2, 0.25) is 5.82 Å². The van der Waals surface area contributed by atoms with Gasteiger partial charge in [-0.05, 0) is 36.5 Å². The molecule has 0 saturated carbocycles. The van der Waals surface area contributed by atoms with E-state index in [1.165, 1.54) is 24.6 Å². The van der Waals surface area contributed by atoms with E-state index in [9.17, 15) is 0 Å². The van der Waals surface area contributed by atoms with Gasteiger partial charge in [-0.2, -0.15) is 4.37 Å². The molecule has 0 bridgehead atoms. The monoisotopic (exact) mass is 367 g/mol. The minimum atomic E-state index is 0.524. The normalized spacial score (nSPS) is 16.2. The van der Waals surface area contributed by atoms with E-state index in [-0.39, 0.29) is 0 Å². The molecule has 2 aromatic rings. The van der Waals surface area contributed by atoms with Crippen molar-refractivity contribution in [2.75, 3.05) is 18.0 Å². The van der Waals surface area contributed by atoms with Crippen molar-refractivity contribution in [2.45, 2.75) is 26.4 Å². The van der Waals surface area contributed by atoms with Crippen molar-refractivity contribution in [3.63, 3.8) is 0 Å². The van der Waals surface area contributed by atoms with Crippen LogP contribution in [0, 0.1) is 5.92 Å². The summed E-state index contributed by atoms with van der Waals surface area (Å²) >= 11 is 4.66. The second kappa shape index (κ2) is 6.75. The highest BCUT2D eigenvalue weighted by Crippen LogP contribution is 2.30. The highest BCUT2D eigenvalue weighted by Gasteiger charge is 2.22. The molecule has 112 valence electrons. The van der Waals surface area contributed by atoms with Crippen LogP contribution in [0.3, 0.4) is 0 Å². The van der Waals surface area contributed by atoms with Gasteiger partial charge < -0.3 is 9.64 Å². The third-order valence-electron chi connectivity index (χ3n) is 3.81. The maximum atomic E-state index is 5.86. The number of aromatic nitrogens is 2. The third kappa shape index (κ3) is 3.74. The van der Waals surface area contributed by atoms with Crippen molar-refractivity contribution >= 4 is 33.5 Å². The van der Waals surface area contributed by atoms with Gasteiger partial charge in [-0.15, -0.1) is 4.37 Å². The average Bonchev–Trinajstić information content (AvgIpc) is 2.96. The molecule has 6 heteroatoms. The van der Waals surface area contributed by atoms with Crippen molar-refractivity contribution < 1.29 is 4.74 Å². The molecule has 1 aromatic carbocycles. The van der Waals surface area contributed by atoms with E-state index in [2.05, 4.69) is 36.5 Å². The smallest absolute Gasteiger partial charge is 0.271 e. The lowest BCUT2D eigenvalue weighted by Crippen LogP contribution is -2.33. The Morgan fingerprint density at radius 3 is 2.67 bits per heavy atom. The number of anilines is 1. The fraction of sp³-hybridized carbons (Fsp3) is 0.467. The molecule has 2 heterocycles. The Balaban J connectivity index is 1.64. The molecule has 0 aliphatic carbocycles. The SMILES string of the molecule is CC1CCN(c2nsnc2OCc2ccc(Br)cc2)CC1. The first-order chi connectivity index (χ1) is 10.2. The van der Waals surface area contributed by atoms with E-state index in [0.29, 0.717) is 12.5 Å². The van der Waals surface area contributed by atoms with Crippen LogP contribution < -0.4 is 9.64 Å². The third-order valence-corrected chi connectivity index (χ3v) is 4.85. The molecule has 21 heavy (non-hydrogen) atoms. The Bertz CT molecular complexity index is 579. The highest BCUT2D eigenvalue weighted by molar-refractivity contribution is 9.10. The Hall–Kier alpha value is -1.14. The lowest BCUT2D eigenvalue weighted by Gasteiger charge is -2.30. The van der Waals surface area contributed by atoms with Crippen LogP contribution in [0.4, 0.5) is 5.82 Å². The zero-order valence-electron chi connectivity index (χ0n) is 12.0. The quantitative estimate of drug-likeness (QED) is 0.814. The van der Waals surface area contributed by atoms with Crippen molar-refractivity contribution in [1.29, 1.82) is 0 Å². The van der Waals surface area contributed by atoms with Gasteiger partial charge in [0.1, 0.15) is 6.61 Å². The minimum absolute atomic E-state index is 0.524. The zero-order valence-corrected chi connectivity index (χ0v) is 14.4. The van der Waals surface area contributed by atoms with Crippen molar-refractivity contribution in [3.05, 3.63) is 34.3 Å². The van der Waals surface area contributed by atoms with Gasteiger partial charge in [-0.25, -0.2) is 0 Å². The van der Waals surface area contributed by atoms with Crippen molar-refractivity contribution in [2.24, 2.45) is 5.92 Å². The Labute approximate surface area is 137 Å². The molecular formula is C15H18BrN3OS. The van der Waals surface area contributed by atoms with Crippen LogP contribution in [0.2, 0.25) is 0 Å². The standard InChI is InChI=1S/C15H18BrN3OS/c1-11-6-8-19(9-7-11)14-15(18-21-17-14)20-10-12-2-4-13(16)5-3-12/h2-5,11H,6-10H2,1H3. The van der Waals surface area contributed by atoms with Gasteiger partial charge in [0.15, 0.2) is 0 Å². The number of rotatable bonds is 4. The lowest BCUT2D eigenvalue weighted by atomic mass is 9.99. The first kappa shape index (κ1) is 14.8. The number of halogens is 1. The number of nitrogens with zero attached hydrogens (tertiary/aromatic N) is 3. The Kier molecular flexibility index (Phi) is 4.75. The molecule has 0 spiro atoms. The fourth-order valence-corrected chi connectivity index (χ4v) is 3.20. The van der Waals surface area contributed by atoms with E-state index in [4.69, 9.17) is 4.74 Å². The summed E-state index contributed by atoms with van der Waals surface area (Å²) in [7, 11) is 0. The van der Waals surface area contributed by atoms with E-state index in [1.807, 2.05) is 24.3 Å². The van der Waals surface area contributed by atoms with Gasteiger partial charge in [-0.3, -0.25) is 0 Å². The summed E-state index contributed by atoms with van der Waals surface area (Å²) < 4.78 is 15.7. The van der Waals surface area contributed by atoms with Gasteiger partial charge in [0.05, 0.1) is 11.7 Å². The molecule has 3 rings (SSSR count). The Morgan fingerprint density at radius 1 is 1.24 bits per heavy atom. The molecule has 4 nitrogen and oxygen atoms in total. The lowest BCUT2D eigenvalue weighted by molar-refractivity contribution is 0.295. The molecule has 0 atom stereocenters. The van der Waals surface area contributed by atoms with E-state index >= 15 is 0 Å². The van der Waals surface area contributed by atoms with Gasteiger partial charge in [0.25, 0.3) is 5.88 Å². The summed E-state index contributed by atoms with van der Waals surface area (Å²) in [5.41, 5.74) is 1.13. The van der Waals surface area contributed by atoms with Crippen LogP contribution in [0.25, 0.3) is 0 Å². The summed E-state index contributed by atoms with van der Waals surface area (Å²) in [6.07, 6.45) is 2.42. The second-order valence-electron chi connectivity index (χ2n) is 5.48. The fourth-order valence-electron chi connectivity index (χ4n) is 2.41. The number of ether oxygens (including phenoxy) is 1. The summed E-state index contributed by atoms with van der Waals surface area (Å²) in [5.74, 6) is 2.38. The first-order valence-corrected chi connectivity index (χ1v) is 8.69. The predicted octanol–water partition coefficient (Wildman–Crippen LogP) is 4.12. The van der Waals surface area contributed by atoms with Crippen LogP contribution >= 0.6 is 27.7 Å². The second-order valence-corrected chi connectivity index (χ2v) is 6.92. The van der Waals surface area contributed by atoms with Crippen LogP contribution in [0.1, 0.15) is 25.3 Å². The summed E-state index contributed by atoms with van der Waals surface area (Å²) in [4.78, 5) is 2.29. The molecule has 0 unspecified atom stereocenters. The summed E-state index contributed by atoms with van der Waals surface area (Å²) in [6, 6.07) is 8.13. The molecule has 0 N–H and O–H groups in total. The predicted molar refractivity (Wildman–Crippen MR) is 89.0 cm³/mol. The summed E-state index contributed by atoms with van der Waals surface area (Å²) in [5, 5.41) is 0. The number of hydrogen-bond acceptors (Lipinski definition) is 5. The van der Waals surface area contributed by atoms with Gasteiger partial charge >= 0.3 is 0 Å². The highest BCUT2D eigenvalue weighted by atomic mass is 79.9. The first-order valence-electron chi connectivity index (χ1n) is 7.17. The molecule has 1 aliphatic heterocycles. The van der Waals surface area contributed by atoms with E-state index in [1.54, 1.807) is 0 Å². The van der Waals surface area contributed by atoms with Crippen LogP contribution in [0.15, 0.2) is 28.7 Å². The van der Waals surface area contributed by atoms with Crippen LogP contribution in [0.5, 0.6) is 5.88 Å². The van der Waals surface area contributed by atoms with Gasteiger partial charge in [0, 0.05) is 17.6 Å². The summed E-state index contributed by atoms with van der Waals surface area (Å²) in [6.45, 7) is 4.92. The maximum Gasteiger partial charge on any atom is 0.271 e. The molecule has 1 saturated heterocycles. The number of hydrogen-bond donors (Lipinski definition) is 0. The van der Waals surface area contributed by atoms with Gasteiger partial charge in [-0.1, -0.05) is 35.0 Å². The molecule has 1 fully saturated rings. The molecular weight excluding hydrogens is 350 g/mol. The molecule has 1 aliphatic rings. The number of piperidine rings is 1. The Morgan fingerprint density at radius 2 is 1.95 bits per heavy atom. The number of benzene rings is 1. The van der Waals surface area contributed by atoms with E-state index in [0.717, 1.165) is 34.9 Å². The average molecular weight is 368 g/mol. The minimum Gasteiger partial charge on any atom is -0.470 e. The maximum absolute atomic E-state index is 5.86. The molecule has 0 radical (unpaired) electrons. The zero-order chi connectivity index (χ0) is 14.7. The van der Waals surface area contributed by atoms with Crippen molar-refractivity contribution in [1.82, 2.24) is 8.75 Å². The molecule has 1 aromatic heterocycles.